The van der Waals surface area contributed by atoms with E-state index in [4.69, 9.17) is 14.6 Å². The maximum Gasteiger partial charge on any atom is 0.339 e. The number of carbonyl (C=O) groups is 2. The van der Waals surface area contributed by atoms with Gasteiger partial charge in [-0.3, -0.25) is 4.79 Å². The van der Waals surface area contributed by atoms with E-state index in [0.717, 1.165) is 17.7 Å². The van der Waals surface area contributed by atoms with Gasteiger partial charge in [0, 0.05) is 18.2 Å². The number of hydrogen-bond acceptors (Lipinski definition) is 4. The highest BCUT2D eigenvalue weighted by Gasteiger charge is 2.12. The highest BCUT2D eigenvalue weighted by molar-refractivity contribution is 5.94. The van der Waals surface area contributed by atoms with Crippen molar-refractivity contribution >= 4 is 17.6 Å². The third-order valence-electron chi connectivity index (χ3n) is 3.77. The van der Waals surface area contributed by atoms with Crippen LogP contribution in [0.25, 0.3) is 0 Å². The predicted octanol–water partition coefficient (Wildman–Crippen LogP) is 3.89. The van der Waals surface area contributed by atoms with Gasteiger partial charge in [-0.25, -0.2) is 4.79 Å². The van der Waals surface area contributed by atoms with Crippen LogP contribution in [0, 0.1) is 6.92 Å². The van der Waals surface area contributed by atoms with Gasteiger partial charge in [-0.05, 0) is 49.6 Å². The van der Waals surface area contributed by atoms with E-state index >= 15 is 0 Å². The summed E-state index contributed by atoms with van der Waals surface area (Å²) in [6, 6.07) is 12.3. The number of unbranched alkanes of at least 4 members (excludes halogenated alkanes) is 1. The molecule has 0 aromatic heterocycles. The van der Waals surface area contributed by atoms with E-state index in [2.05, 4.69) is 5.32 Å². The number of benzene rings is 2. The van der Waals surface area contributed by atoms with Crippen molar-refractivity contribution < 1.29 is 24.2 Å². The summed E-state index contributed by atoms with van der Waals surface area (Å²) in [5.74, 6) is -0.166. The zero-order chi connectivity index (χ0) is 18.9. The molecule has 0 unspecified atom stereocenters. The number of methoxy groups -OCH3 is 1. The Bertz CT molecular complexity index is 773. The molecule has 0 atom stereocenters. The monoisotopic (exact) mass is 357 g/mol. The number of hydrogen-bond donors (Lipinski definition) is 2. The largest absolute Gasteiger partial charge is 0.496 e. The molecule has 6 nitrogen and oxygen atoms in total. The number of carboxylic acids is 1. The summed E-state index contributed by atoms with van der Waals surface area (Å²) < 4.78 is 10.7. The van der Waals surface area contributed by atoms with Crippen molar-refractivity contribution in [2.75, 3.05) is 19.0 Å². The molecule has 0 saturated carbocycles. The first-order valence-electron chi connectivity index (χ1n) is 8.40. The Kier molecular flexibility index (Phi) is 7.02. The summed E-state index contributed by atoms with van der Waals surface area (Å²) in [6.07, 6.45) is 1.82. The topological polar surface area (TPSA) is 84.9 Å². The molecule has 6 heteroatoms. The van der Waals surface area contributed by atoms with Crippen LogP contribution in [0.3, 0.4) is 0 Å². The second-order valence-corrected chi connectivity index (χ2v) is 5.89. The fourth-order valence-corrected chi connectivity index (χ4v) is 2.45. The lowest BCUT2D eigenvalue weighted by Gasteiger charge is -2.10. The van der Waals surface area contributed by atoms with E-state index in [1.165, 1.54) is 19.2 Å². The zero-order valence-corrected chi connectivity index (χ0v) is 15.0. The van der Waals surface area contributed by atoms with E-state index in [9.17, 15) is 9.59 Å². The number of nitrogens with one attached hydrogen (secondary N) is 1. The predicted molar refractivity (Wildman–Crippen MR) is 99.1 cm³/mol. The lowest BCUT2D eigenvalue weighted by molar-refractivity contribution is -0.116. The highest BCUT2D eigenvalue weighted by atomic mass is 16.5. The number of rotatable bonds is 9. The number of amides is 1. The molecule has 2 N–H and O–H groups in total. The van der Waals surface area contributed by atoms with E-state index in [1.807, 2.05) is 31.2 Å². The number of carbonyl (C=O) groups excluding carboxylic acids is 1. The Morgan fingerprint density at radius 2 is 1.92 bits per heavy atom. The Balaban J connectivity index is 1.74. The number of aryl methyl sites for hydroxylation is 1. The van der Waals surface area contributed by atoms with Crippen LogP contribution >= 0.6 is 0 Å². The standard InChI is InChI=1S/C20H23NO5/c1-14-6-5-7-16(12-14)26-11-4-3-8-19(22)21-15-9-10-17(20(23)24)18(13-15)25-2/h5-7,9-10,12-13H,3-4,8,11H2,1-2H3,(H,21,22)(H,23,24). The summed E-state index contributed by atoms with van der Waals surface area (Å²) in [5.41, 5.74) is 1.71. The molecule has 0 heterocycles. The minimum absolute atomic E-state index is 0.0544. The lowest BCUT2D eigenvalue weighted by atomic mass is 10.1. The maximum atomic E-state index is 12.0. The molecule has 0 aliphatic rings. The minimum Gasteiger partial charge on any atom is -0.496 e. The molecular formula is C20H23NO5. The average molecular weight is 357 g/mol. The fraction of sp³-hybridized carbons (Fsp3) is 0.300. The number of ether oxygens (including phenoxy) is 2. The first-order valence-corrected chi connectivity index (χ1v) is 8.40. The molecule has 0 aliphatic carbocycles. The van der Waals surface area contributed by atoms with Crippen LogP contribution < -0.4 is 14.8 Å². The van der Waals surface area contributed by atoms with Crippen LogP contribution in [0.5, 0.6) is 11.5 Å². The van der Waals surface area contributed by atoms with Crippen molar-refractivity contribution in [2.45, 2.75) is 26.2 Å². The Morgan fingerprint density at radius 1 is 1.12 bits per heavy atom. The number of aromatic carboxylic acids is 1. The molecule has 1 amide bonds. The van der Waals surface area contributed by atoms with Gasteiger partial charge in [-0.1, -0.05) is 12.1 Å². The molecule has 0 aliphatic heterocycles. The summed E-state index contributed by atoms with van der Waals surface area (Å²) in [4.78, 5) is 23.1. The Morgan fingerprint density at radius 3 is 2.62 bits per heavy atom. The first kappa shape index (κ1) is 19.3. The Hall–Kier alpha value is -3.02. The van der Waals surface area contributed by atoms with E-state index < -0.39 is 5.97 Å². The van der Waals surface area contributed by atoms with Gasteiger partial charge in [-0.15, -0.1) is 0 Å². The molecule has 0 bridgehead atoms. The van der Waals surface area contributed by atoms with Crippen LogP contribution in [0.2, 0.25) is 0 Å². The van der Waals surface area contributed by atoms with Gasteiger partial charge in [0.2, 0.25) is 5.91 Å². The second kappa shape index (κ2) is 9.46. The van der Waals surface area contributed by atoms with Gasteiger partial charge in [-0.2, -0.15) is 0 Å². The molecular weight excluding hydrogens is 334 g/mol. The molecule has 0 spiro atoms. The van der Waals surface area contributed by atoms with Crippen molar-refractivity contribution in [1.29, 1.82) is 0 Å². The van der Waals surface area contributed by atoms with E-state index in [0.29, 0.717) is 25.1 Å². The molecule has 2 aromatic carbocycles. The van der Waals surface area contributed by atoms with E-state index in [1.54, 1.807) is 6.07 Å². The number of carboxylic acid groups (broad SMARTS) is 1. The van der Waals surface area contributed by atoms with Gasteiger partial charge >= 0.3 is 5.97 Å². The van der Waals surface area contributed by atoms with Crippen molar-refractivity contribution in [1.82, 2.24) is 0 Å². The normalized spacial score (nSPS) is 10.2. The van der Waals surface area contributed by atoms with Gasteiger partial charge in [0.25, 0.3) is 0 Å². The molecule has 138 valence electrons. The third-order valence-corrected chi connectivity index (χ3v) is 3.77. The quantitative estimate of drug-likeness (QED) is 0.665. The summed E-state index contributed by atoms with van der Waals surface area (Å²) in [5, 5.41) is 11.8. The van der Waals surface area contributed by atoms with Crippen LogP contribution in [0.4, 0.5) is 5.69 Å². The average Bonchev–Trinajstić information content (AvgIpc) is 2.61. The fourth-order valence-electron chi connectivity index (χ4n) is 2.45. The first-order chi connectivity index (χ1) is 12.5. The van der Waals surface area contributed by atoms with Crippen LogP contribution in [0.15, 0.2) is 42.5 Å². The van der Waals surface area contributed by atoms with Gasteiger partial charge in [0.1, 0.15) is 17.1 Å². The van der Waals surface area contributed by atoms with E-state index in [-0.39, 0.29) is 17.2 Å². The van der Waals surface area contributed by atoms with Crippen LogP contribution in [-0.4, -0.2) is 30.7 Å². The second-order valence-electron chi connectivity index (χ2n) is 5.89. The minimum atomic E-state index is -1.08. The van der Waals surface area contributed by atoms with Crippen molar-refractivity contribution in [2.24, 2.45) is 0 Å². The highest BCUT2D eigenvalue weighted by Crippen LogP contribution is 2.23. The van der Waals surface area contributed by atoms with Gasteiger partial charge in [0.05, 0.1) is 13.7 Å². The molecule has 2 aromatic rings. The van der Waals surface area contributed by atoms with Crippen molar-refractivity contribution in [3.05, 3.63) is 53.6 Å². The summed E-state index contributed by atoms with van der Waals surface area (Å²) in [7, 11) is 1.39. The van der Waals surface area contributed by atoms with Crippen LogP contribution in [-0.2, 0) is 4.79 Å². The molecule has 0 radical (unpaired) electrons. The van der Waals surface area contributed by atoms with Crippen LogP contribution in [0.1, 0.15) is 35.2 Å². The molecule has 2 rings (SSSR count). The smallest absolute Gasteiger partial charge is 0.339 e. The summed E-state index contributed by atoms with van der Waals surface area (Å²) in [6.45, 7) is 2.56. The zero-order valence-electron chi connectivity index (χ0n) is 15.0. The molecule has 26 heavy (non-hydrogen) atoms. The molecule has 0 saturated heterocycles. The SMILES string of the molecule is COc1cc(NC(=O)CCCCOc2cccc(C)c2)ccc1C(=O)O. The summed E-state index contributed by atoms with van der Waals surface area (Å²) >= 11 is 0. The number of anilines is 1. The maximum absolute atomic E-state index is 12.0. The van der Waals surface area contributed by atoms with Crippen molar-refractivity contribution in [3.8, 4) is 11.5 Å². The van der Waals surface area contributed by atoms with Gasteiger partial charge in [0.15, 0.2) is 0 Å². The molecule has 0 fully saturated rings. The Labute approximate surface area is 152 Å². The van der Waals surface area contributed by atoms with Crippen molar-refractivity contribution in [3.63, 3.8) is 0 Å². The third kappa shape index (κ3) is 5.81. The lowest BCUT2D eigenvalue weighted by Crippen LogP contribution is -2.12. The van der Waals surface area contributed by atoms with Gasteiger partial charge < -0.3 is 19.9 Å².